The van der Waals surface area contributed by atoms with E-state index >= 15 is 0 Å². The number of aliphatic hydroxyl groups is 1. The minimum atomic E-state index is -0.372. The number of aliphatic hydroxyl groups excluding tert-OH is 1. The van der Waals surface area contributed by atoms with Crippen LogP contribution in [0.3, 0.4) is 0 Å². The lowest BCUT2D eigenvalue weighted by Gasteiger charge is -2.10. The van der Waals surface area contributed by atoms with Crippen molar-refractivity contribution in [1.29, 1.82) is 0 Å². The molecule has 3 N–H and O–H groups in total. The molecule has 2 amide bonds. The summed E-state index contributed by atoms with van der Waals surface area (Å²) in [5.74, 6) is 0. The summed E-state index contributed by atoms with van der Waals surface area (Å²) in [6.07, 6.45) is 0. The Kier molecular flexibility index (Phi) is 4.39. The number of carbonyl (C=O) groups excluding carboxylic acids is 1. The van der Waals surface area contributed by atoms with Crippen LogP contribution in [-0.2, 0) is 6.61 Å². The Morgan fingerprint density at radius 3 is 2.42 bits per heavy atom. The van der Waals surface area contributed by atoms with Crippen LogP contribution in [0.1, 0.15) is 5.56 Å². The molecule has 0 saturated carbocycles. The number of amides is 2. The van der Waals surface area contributed by atoms with Crippen molar-refractivity contribution in [2.24, 2.45) is 0 Å². The lowest BCUT2D eigenvalue weighted by Crippen LogP contribution is -2.20. The molecule has 0 spiro atoms. The first-order chi connectivity index (χ1) is 9.19. The van der Waals surface area contributed by atoms with Crippen molar-refractivity contribution in [1.82, 2.24) is 0 Å². The second kappa shape index (κ2) is 6.22. The first-order valence-electron chi connectivity index (χ1n) is 5.71. The largest absolute Gasteiger partial charge is 0.392 e. The average Bonchev–Trinajstić information content (AvgIpc) is 2.42. The van der Waals surface area contributed by atoms with Gasteiger partial charge in [0.15, 0.2) is 0 Å². The first kappa shape index (κ1) is 13.4. The fourth-order valence-electron chi connectivity index (χ4n) is 1.60. The molecule has 0 bridgehead atoms. The highest BCUT2D eigenvalue weighted by Gasteiger charge is 2.05. The second-order valence-electron chi connectivity index (χ2n) is 3.90. The normalized spacial score (nSPS) is 10.0. The van der Waals surface area contributed by atoms with Gasteiger partial charge in [-0.3, -0.25) is 0 Å². The summed E-state index contributed by atoms with van der Waals surface area (Å²) in [6.45, 7) is -0.128. The van der Waals surface area contributed by atoms with Crippen molar-refractivity contribution in [3.05, 3.63) is 59.1 Å². The number of rotatable bonds is 3. The number of hydrogen-bond donors (Lipinski definition) is 3. The molecular weight excluding hydrogens is 264 g/mol. The van der Waals surface area contributed by atoms with Crippen molar-refractivity contribution >= 4 is 29.0 Å². The van der Waals surface area contributed by atoms with Gasteiger partial charge in [-0.15, -0.1) is 0 Å². The molecule has 0 aromatic heterocycles. The molecule has 98 valence electrons. The number of para-hydroxylation sites is 1. The van der Waals surface area contributed by atoms with Gasteiger partial charge in [0.1, 0.15) is 0 Å². The van der Waals surface area contributed by atoms with Crippen molar-refractivity contribution in [2.75, 3.05) is 10.6 Å². The van der Waals surface area contributed by atoms with E-state index in [0.29, 0.717) is 22.0 Å². The molecule has 0 radical (unpaired) electrons. The summed E-state index contributed by atoms with van der Waals surface area (Å²) >= 11 is 5.76. The highest BCUT2D eigenvalue weighted by Crippen LogP contribution is 2.16. The third kappa shape index (κ3) is 3.71. The molecule has 5 heteroatoms. The van der Waals surface area contributed by atoms with Crippen molar-refractivity contribution < 1.29 is 9.90 Å². The number of hydrogen-bond acceptors (Lipinski definition) is 2. The third-order valence-corrected chi connectivity index (χ3v) is 2.79. The maximum absolute atomic E-state index is 11.8. The Labute approximate surface area is 116 Å². The average molecular weight is 277 g/mol. The van der Waals surface area contributed by atoms with E-state index in [4.69, 9.17) is 16.7 Å². The first-order valence-corrected chi connectivity index (χ1v) is 6.09. The van der Waals surface area contributed by atoms with Crippen LogP contribution in [0.4, 0.5) is 16.2 Å². The molecule has 4 nitrogen and oxygen atoms in total. The second-order valence-corrected chi connectivity index (χ2v) is 4.34. The molecule has 0 heterocycles. The van der Waals surface area contributed by atoms with Crippen molar-refractivity contribution in [2.45, 2.75) is 6.61 Å². The molecular formula is C14H13ClN2O2. The fraction of sp³-hybridized carbons (Fsp3) is 0.0714. The fourth-order valence-corrected chi connectivity index (χ4v) is 1.72. The van der Waals surface area contributed by atoms with Crippen molar-refractivity contribution in [3.63, 3.8) is 0 Å². The number of benzene rings is 2. The van der Waals surface area contributed by atoms with Gasteiger partial charge in [-0.1, -0.05) is 29.8 Å². The van der Waals surface area contributed by atoms with Gasteiger partial charge < -0.3 is 15.7 Å². The lowest BCUT2D eigenvalue weighted by atomic mass is 10.2. The number of carbonyl (C=O) groups is 1. The van der Waals surface area contributed by atoms with Crippen LogP contribution in [0.2, 0.25) is 5.02 Å². The molecule has 0 aliphatic carbocycles. The number of anilines is 2. The van der Waals surface area contributed by atoms with Crippen LogP contribution in [0, 0.1) is 0 Å². The number of urea groups is 1. The van der Waals surface area contributed by atoms with Gasteiger partial charge in [0.2, 0.25) is 0 Å². The van der Waals surface area contributed by atoms with Crippen LogP contribution in [0.25, 0.3) is 0 Å². The van der Waals surface area contributed by atoms with Gasteiger partial charge in [-0.2, -0.15) is 0 Å². The molecule has 0 aliphatic rings. The highest BCUT2D eigenvalue weighted by atomic mass is 35.5. The Balaban J connectivity index is 2.03. The van der Waals surface area contributed by atoms with Gasteiger partial charge in [0.05, 0.1) is 6.61 Å². The van der Waals surface area contributed by atoms with E-state index in [1.807, 2.05) is 0 Å². The molecule has 2 rings (SSSR count). The van der Waals surface area contributed by atoms with Crippen LogP contribution >= 0.6 is 11.6 Å². The molecule has 19 heavy (non-hydrogen) atoms. The third-order valence-electron chi connectivity index (χ3n) is 2.54. The van der Waals surface area contributed by atoms with Gasteiger partial charge in [0, 0.05) is 22.0 Å². The predicted octanol–water partition coefficient (Wildman–Crippen LogP) is 3.48. The van der Waals surface area contributed by atoms with Crippen LogP contribution < -0.4 is 10.6 Å². The van der Waals surface area contributed by atoms with E-state index in [0.717, 1.165) is 0 Å². The van der Waals surface area contributed by atoms with E-state index in [1.54, 1.807) is 48.5 Å². The lowest BCUT2D eigenvalue weighted by molar-refractivity contribution is 0.262. The SMILES string of the molecule is O=C(Nc1ccc(Cl)cc1)Nc1ccccc1CO. The Morgan fingerprint density at radius 1 is 1.05 bits per heavy atom. The van der Waals surface area contributed by atoms with E-state index < -0.39 is 0 Å². The van der Waals surface area contributed by atoms with Crippen LogP contribution in [-0.4, -0.2) is 11.1 Å². The van der Waals surface area contributed by atoms with Gasteiger partial charge in [-0.05, 0) is 30.3 Å². The Hall–Kier alpha value is -2.04. The zero-order valence-corrected chi connectivity index (χ0v) is 10.8. The monoisotopic (exact) mass is 276 g/mol. The Morgan fingerprint density at radius 2 is 1.74 bits per heavy atom. The summed E-state index contributed by atoms with van der Waals surface area (Å²) in [6, 6.07) is 13.5. The standard InChI is InChI=1S/C14H13ClN2O2/c15-11-5-7-12(8-6-11)16-14(19)17-13-4-2-1-3-10(13)9-18/h1-8,18H,9H2,(H2,16,17,19). The van der Waals surface area contributed by atoms with Crippen molar-refractivity contribution in [3.8, 4) is 0 Å². The summed E-state index contributed by atoms with van der Waals surface area (Å²) in [5.41, 5.74) is 1.88. The molecule has 0 fully saturated rings. The quantitative estimate of drug-likeness (QED) is 0.804. The van der Waals surface area contributed by atoms with E-state index in [1.165, 1.54) is 0 Å². The topological polar surface area (TPSA) is 61.4 Å². The maximum Gasteiger partial charge on any atom is 0.323 e. The molecule has 0 saturated heterocycles. The highest BCUT2D eigenvalue weighted by molar-refractivity contribution is 6.30. The summed E-state index contributed by atoms with van der Waals surface area (Å²) in [7, 11) is 0. The summed E-state index contributed by atoms with van der Waals surface area (Å²) in [5, 5.41) is 15.1. The summed E-state index contributed by atoms with van der Waals surface area (Å²) < 4.78 is 0. The summed E-state index contributed by atoms with van der Waals surface area (Å²) in [4.78, 5) is 11.8. The van der Waals surface area contributed by atoms with Gasteiger partial charge in [-0.25, -0.2) is 4.79 Å². The minimum absolute atomic E-state index is 0.128. The molecule has 0 aliphatic heterocycles. The maximum atomic E-state index is 11.8. The minimum Gasteiger partial charge on any atom is -0.392 e. The van der Waals surface area contributed by atoms with Gasteiger partial charge in [0.25, 0.3) is 0 Å². The molecule has 0 unspecified atom stereocenters. The Bertz CT molecular complexity index is 570. The van der Waals surface area contributed by atoms with Crippen LogP contribution in [0.5, 0.6) is 0 Å². The van der Waals surface area contributed by atoms with E-state index in [9.17, 15) is 4.79 Å². The predicted molar refractivity (Wildman–Crippen MR) is 76.5 cm³/mol. The van der Waals surface area contributed by atoms with Crippen LogP contribution in [0.15, 0.2) is 48.5 Å². The zero-order valence-electron chi connectivity index (χ0n) is 10.1. The molecule has 2 aromatic rings. The molecule has 2 aromatic carbocycles. The smallest absolute Gasteiger partial charge is 0.323 e. The number of nitrogens with one attached hydrogen (secondary N) is 2. The zero-order chi connectivity index (χ0) is 13.7. The molecule has 0 atom stereocenters. The van der Waals surface area contributed by atoms with E-state index in [2.05, 4.69) is 10.6 Å². The number of halogens is 1. The van der Waals surface area contributed by atoms with Gasteiger partial charge >= 0.3 is 6.03 Å². The van der Waals surface area contributed by atoms with E-state index in [-0.39, 0.29) is 12.6 Å².